The molecule has 2 heterocycles. The number of nitrogens with zero attached hydrogens (tertiary/aromatic N) is 4. The van der Waals surface area contributed by atoms with Gasteiger partial charge in [-0.1, -0.05) is 0 Å². The van der Waals surface area contributed by atoms with Crippen LogP contribution in [-0.2, 0) is 18.3 Å². The second-order valence-corrected chi connectivity index (χ2v) is 5.71. The van der Waals surface area contributed by atoms with Crippen LogP contribution in [0.4, 0.5) is 5.95 Å². The summed E-state index contributed by atoms with van der Waals surface area (Å²) in [4.78, 5) is 30.7. The number of rotatable bonds is 7. The van der Waals surface area contributed by atoms with Crippen molar-refractivity contribution in [2.24, 2.45) is 12.1 Å². The fourth-order valence-electron chi connectivity index (χ4n) is 2.57. The molecule has 0 amide bonds. The highest BCUT2D eigenvalue weighted by Gasteiger charge is 2.16. The van der Waals surface area contributed by atoms with Crippen molar-refractivity contribution in [1.29, 1.82) is 0 Å². The Kier molecular flexibility index (Phi) is 5.36. The zero-order valence-electron chi connectivity index (χ0n) is 15.2. The molecule has 0 bridgehead atoms. The van der Waals surface area contributed by atoms with E-state index in [-0.39, 0.29) is 11.2 Å². The number of hydrogen-bond acceptors (Lipinski definition) is 7. The molecular formula is C17H20N6O4. The van der Waals surface area contributed by atoms with Crippen molar-refractivity contribution in [1.82, 2.24) is 19.1 Å². The maximum Gasteiger partial charge on any atom is 0.329 e. The molecule has 10 heteroatoms. The highest BCUT2D eigenvalue weighted by Crippen LogP contribution is 2.15. The van der Waals surface area contributed by atoms with Gasteiger partial charge >= 0.3 is 5.69 Å². The molecule has 0 radical (unpaired) electrons. The predicted molar refractivity (Wildman–Crippen MR) is 102 cm³/mol. The molecule has 0 spiro atoms. The van der Waals surface area contributed by atoms with Crippen LogP contribution in [0.1, 0.15) is 5.56 Å². The maximum absolute atomic E-state index is 12.3. The third kappa shape index (κ3) is 3.75. The van der Waals surface area contributed by atoms with E-state index in [9.17, 15) is 9.59 Å². The second kappa shape index (κ2) is 7.87. The average molecular weight is 372 g/mol. The Morgan fingerprint density at radius 2 is 2.00 bits per heavy atom. The van der Waals surface area contributed by atoms with Crippen LogP contribution in [0.2, 0.25) is 0 Å². The van der Waals surface area contributed by atoms with Gasteiger partial charge in [-0.2, -0.15) is 10.1 Å². The number of H-pyrrole nitrogens is 1. The lowest BCUT2D eigenvalue weighted by Gasteiger charge is -2.07. The highest BCUT2D eigenvalue weighted by atomic mass is 16.5. The molecule has 0 aliphatic heterocycles. The summed E-state index contributed by atoms with van der Waals surface area (Å²) in [6.45, 7) is 0.735. The van der Waals surface area contributed by atoms with Gasteiger partial charge in [0.25, 0.3) is 5.56 Å². The molecule has 0 atom stereocenters. The van der Waals surface area contributed by atoms with E-state index in [0.717, 1.165) is 11.3 Å². The number of anilines is 1. The van der Waals surface area contributed by atoms with Gasteiger partial charge in [0, 0.05) is 20.7 Å². The molecule has 2 N–H and O–H groups in total. The third-order valence-electron chi connectivity index (χ3n) is 4.02. The Morgan fingerprint density at radius 1 is 1.26 bits per heavy atom. The van der Waals surface area contributed by atoms with Crippen molar-refractivity contribution in [3.8, 4) is 5.75 Å². The smallest absolute Gasteiger partial charge is 0.329 e. The number of imidazole rings is 1. The van der Waals surface area contributed by atoms with Crippen molar-refractivity contribution >= 4 is 23.3 Å². The summed E-state index contributed by atoms with van der Waals surface area (Å²) < 4.78 is 13.1. The molecule has 0 aliphatic rings. The minimum Gasteiger partial charge on any atom is -0.497 e. The van der Waals surface area contributed by atoms with Crippen LogP contribution in [0.15, 0.2) is 39.0 Å². The standard InChI is InChI=1S/C17H20N6O4/c1-22-14-13(15(24)20-17(22)25)23(8-9-26-2)16(19-14)21-18-10-11-4-6-12(27-3)7-5-11/h4-7,10H,8-9H2,1-3H3,(H,19,21)(H,20,24,25)/b18-10+. The number of methoxy groups -OCH3 is 2. The number of hydrogen-bond donors (Lipinski definition) is 2. The van der Waals surface area contributed by atoms with Crippen LogP contribution >= 0.6 is 0 Å². The number of benzene rings is 1. The van der Waals surface area contributed by atoms with Crippen LogP contribution in [0.5, 0.6) is 5.75 Å². The van der Waals surface area contributed by atoms with Crippen molar-refractivity contribution in [3.05, 3.63) is 50.7 Å². The lowest BCUT2D eigenvalue weighted by Crippen LogP contribution is -2.29. The van der Waals surface area contributed by atoms with Crippen LogP contribution in [0, 0.1) is 0 Å². The van der Waals surface area contributed by atoms with Gasteiger partial charge < -0.3 is 14.0 Å². The van der Waals surface area contributed by atoms with E-state index in [1.54, 1.807) is 32.0 Å². The van der Waals surface area contributed by atoms with Crippen molar-refractivity contribution < 1.29 is 9.47 Å². The number of hydrazone groups is 1. The fourth-order valence-corrected chi connectivity index (χ4v) is 2.57. The van der Waals surface area contributed by atoms with Gasteiger partial charge in [0.1, 0.15) is 5.75 Å². The van der Waals surface area contributed by atoms with Gasteiger partial charge in [0.15, 0.2) is 11.2 Å². The number of aromatic amines is 1. The molecule has 1 aromatic carbocycles. The van der Waals surface area contributed by atoms with Crippen molar-refractivity contribution in [2.45, 2.75) is 6.54 Å². The molecule has 3 aromatic rings. The summed E-state index contributed by atoms with van der Waals surface area (Å²) in [6.07, 6.45) is 1.61. The first-order valence-electron chi connectivity index (χ1n) is 8.16. The lowest BCUT2D eigenvalue weighted by molar-refractivity contribution is 0.188. The molecule has 0 saturated heterocycles. The zero-order chi connectivity index (χ0) is 19.4. The number of ether oxygens (including phenoxy) is 2. The van der Waals surface area contributed by atoms with Gasteiger partial charge in [-0.15, -0.1) is 0 Å². The number of fused-ring (bicyclic) bond motifs is 1. The van der Waals surface area contributed by atoms with Gasteiger partial charge in [0.2, 0.25) is 5.95 Å². The molecule has 10 nitrogen and oxygen atoms in total. The molecule has 0 unspecified atom stereocenters. The minimum atomic E-state index is -0.530. The summed E-state index contributed by atoms with van der Waals surface area (Å²) in [5.74, 6) is 1.08. The molecule has 142 valence electrons. The highest BCUT2D eigenvalue weighted by molar-refractivity contribution is 5.80. The average Bonchev–Trinajstić information content (AvgIpc) is 3.04. The quantitative estimate of drug-likeness (QED) is 0.462. The molecular weight excluding hydrogens is 352 g/mol. The Balaban J connectivity index is 1.95. The van der Waals surface area contributed by atoms with Gasteiger partial charge in [-0.3, -0.25) is 14.3 Å². The van der Waals surface area contributed by atoms with E-state index in [1.807, 2.05) is 24.3 Å². The topological polar surface area (TPSA) is 116 Å². The largest absolute Gasteiger partial charge is 0.497 e. The Morgan fingerprint density at radius 3 is 2.67 bits per heavy atom. The van der Waals surface area contributed by atoms with Crippen LogP contribution in [0.3, 0.4) is 0 Å². The second-order valence-electron chi connectivity index (χ2n) is 5.71. The number of aryl methyl sites for hydroxylation is 1. The number of nitrogens with one attached hydrogen (secondary N) is 2. The molecule has 2 aromatic heterocycles. The summed E-state index contributed by atoms with van der Waals surface area (Å²) in [5, 5.41) is 4.17. The molecule has 0 fully saturated rings. The van der Waals surface area contributed by atoms with Crippen LogP contribution < -0.4 is 21.4 Å². The zero-order valence-corrected chi connectivity index (χ0v) is 15.2. The Hall–Kier alpha value is -3.40. The van der Waals surface area contributed by atoms with Crippen molar-refractivity contribution in [3.63, 3.8) is 0 Å². The molecule has 0 aliphatic carbocycles. The fraction of sp³-hybridized carbons (Fsp3) is 0.294. The molecule has 3 rings (SSSR count). The first-order chi connectivity index (χ1) is 13.0. The van der Waals surface area contributed by atoms with Crippen molar-refractivity contribution in [2.75, 3.05) is 26.3 Å². The normalized spacial score (nSPS) is 11.4. The first-order valence-corrected chi connectivity index (χ1v) is 8.16. The Bertz CT molecular complexity index is 1080. The van der Waals surface area contributed by atoms with E-state index < -0.39 is 11.2 Å². The predicted octanol–water partition coefficient (Wildman–Crippen LogP) is 0.524. The van der Waals surface area contributed by atoms with E-state index >= 15 is 0 Å². The Labute approximate surface area is 154 Å². The van der Waals surface area contributed by atoms with Gasteiger partial charge in [-0.05, 0) is 29.8 Å². The maximum atomic E-state index is 12.3. The lowest BCUT2D eigenvalue weighted by atomic mass is 10.2. The first kappa shape index (κ1) is 18.4. The monoisotopic (exact) mass is 372 g/mol. The molecule has 0 saturated carbocycles. The minimum absolute atomic E-state index is 0.266. The van der Waals surface area contributed by atoms with Gasteiger partial charge in [-0.25, -0.2) is 10.2 Å². The SMILES string of the molecule is COCCn1c(N/N=C/c2ccc(OC)cc2)nc2c1c(=O)[nH]c(=O)n2C. The third-order valence-corrected chi connectivity index (χ3v) is 4.02. The van der Waals surface area contributed by atoms with E-state index in [4.69, 9.17) is 9.47 Å². The van der Waals surface area contributed by atoms with Gasteiger partial charge in [0.05, 0.1) is 19.9 Å². The molecule has 27 heavy (non-hydrogen) atoms. The summed E-state index contributed by atoms with van der Waals surface area (Å²) in [6, 6.07) is 7.35. The van der Waals surface area contributed by atoms with E-state index in [2.05, 4.69) is 20.5 Å². The number of aromatic nitrogens is 4. The van der Waals surface area contributed by atoms with Crippen LogP contribution in [-0.4, -0.2) is 46.1 Å². The van der Waals surface area contributed by atoms with E-state index in [0.29, 0.717) is 19.1 Å². The summed E-state index contributed by atoms with van der Waals surface area (Å²) in [7, 11) is 4.71. The summed E-state index contributed by atoms with van der Waals surface area (Å²) >= 11 is 0. The van der Waals surface area contributed by atoms with E-state index in [1.165, 1.54) is 4.57 Å². The summed E-state index contributed by atoms with van der Waals surface area (Å²) in [5.41, 5.74) is 3.18. The van der Waals surface area contributed by atoms with Crippen LogP contribution in [0.25, 0.3) is 11.2 Å².